The van der Waals surface area contributed by atoms with Gasteiger partial charge in [0, 0.05) is 5.57 Å². The van der Waals surface area contributed by atoms with E-state index in [0.717, 1.165) is 79.1 Å². The topological polar surface area (TPSA) is 177 Å². The summed E-state index contributed by atoms with van der Waals surface area (Å²) in [5, 5.41) is 6.41. The molecule has 0 aliphatic carbocycles. The smallest absolute Gasteiger partial charge is 0.335 e. The van der Waals surface area contributed by atoms with E-state index in [-0.39, 0.29) is 36.4 Å². The van der Waals surface area contributed by atoms with Crippen molar-refractivity contribution in [1.82, 2.24) is 0 Å². The first-order chi connectivity index (χ1) is 30.9. The highest BCUT2D eigenvalue weighted by atomic mass is 32.2. The lowest BCUT2D eigenvalue weighted by atomic mass is 9.85. The van der Waals surface area contributed by atoms with Crippen LogP contribution in [0.2, 0.25) is 0 Å². The predicted octanol–water partition coefficient (Wildman–Crippen LogP) is 10.7. The van der Waals surface area contributed by atoms with Crippen LogP contribution in [-0.2, 0) is 52.8 Å². The molecule has 16 heteroatoms. The first-order valence-corrected chi connectivity index (χ1v) is 26.3. The second-order valence-corrected chi connectivity index (χ2v) is 22.5. The summed E-state index contributed by atoms with van der Waals surface area (Å²) in [6.45, 7) is 13.2. The molecule has 65 heavy (non-hydrogen) atoms. The molecule has 12 nitrogen and oxygen atoms in total. The van der Waals surface area contributed by atoms with Gasteiger partial charge in [0.15, 0.2) is 15.1 Å². The molecule has 3 rings (SSSR count). The van der Waals surface area contributed by atoms with Gasteiger partial charge in [0.1, 0.15) is 14.0 Å². The van der Waals surface area contributed by atoms with Crippen molar-refractivity contribution in [3.8, 4) is 0 Å². The molecule has 3 unspecified atom stereocenters. The molecule has 1 aliphatic rings. The standard InChI is InChI=1S/C28H40O6S3.C21H28O6S/c1-5-36-27(35)37-21(2)24(29)33-17-13-8-6-7-9-14-18-34-25(30)23(20-28(3,4)26(31)32)19-22-15-11-10-12-16-22;1-16-19(18-12-8-7-9-13-18)28(24,25)17(2)21(23)27-15-11-6-4-3-5-10-14-26-20(16)22/h10-12,15-16,19,21H,5-9,13-14,17-18,20H2,1-4H3,(H,31,32);7-9,12-13,17,19H,1,3-6,10-11,14-15H2,2H3/b23-19+;. The molecule has 3 atom stereocenters. The van der Waals surface area contributed by atoms with Crippen molar-refractivity contribution >= 4 is 85.0 Å². The fourth-order valence-corrected chi connectivity index (χ4v) is 10.7. The molecule has 0 amide bonds. The van der Waals surface area contributed by atoms with Gasteiger partial charge in [-0.2, -0.15) is 0 Å². The first-order valence-electron chi connectivity index (χ1n) is 22.4. The molecule has 1 fully saturated rings. The third-order valence-corrected chi connectivity index (χ3v) is 15.3. The predicted molar refractivity (Wildman–Crippen MR) is 264 cm³/mol. The zero-order valence-corrected chi connectivity index (χ0v) is 41.9. The molecular weight excluding hydrogens is 909 g/mol. The van der Waals surface area contributed by atoms with Gasteiger partial charge in [-0.3, -0.25) is 14.4 Å². The second kappa shape index (κ2) is 31.1. The van der Waals surface area contributed by atoms with Crippen molar-refractivity contribution in [2.75, 3.05) is 32.2 Å². The number of aliphatic carboxylic acids is 1. The largest absolute Gasteiger partial charge is 0.481 e. The number of hydrogen-bond donors (Lipinski definition) is 1. The van der Waals surface area contributed by atoms with Crippen molar-refractivity contribution in [2.45, 2.75) is 134 Å². The number of carboxylic acid groups (broad SMARTS) is 1. The van der Waals surface area contributed by atoms with E-state index in [1.807, 2.05) is 44.2 Å². The number of cyclic esters (lactones) is 2. The van der Waals surface area contributed by atoms with Crippen molar-refractivity contribution in [3.63, 3.8) is 0 Å². The van der Waals surface area contributed by atoms with Crippen molar-refractivity contribution in [2.24, 2.45) is 5.41 Å². The Morgan fingerprint density at radius 2 is 1.38 bits per heavy atom. The van der Waals surface area contributed by atoms with E-state index in [1.165, 1.54) is 18.7 Å². The van der Waals surface area contributed by atoms with Gasteiger partial charge in [0.25, 0.3) is 0 Å². The Morgan fingerprint density at radius 1 is 0.862 bits per heavy atom. The van der Waals surface area contributed by atoms with Crippen LogP contribution in [0.5, 0.6) is 0 Å². The molecule has 0 radical (unpaired) electrons. The Balaban J connectivity index is 0.000000463. The van der Waals surface area contributed by atoms with E-state index < -0.39 is 49.6 Å². The molecule has 360 valence electrons. The lowest BCUT2D eigenvalue weighted by molar-refractivity contribution is -0.147. The number of sulfone groups is 1. The van der Waals surface area contributed by atoms with Crippen LogP contribution in [0, 0.1) is 5.41 Å². The Labute approximate surface area is 400 Å². The Hall–Kier alpha value is -3.99. The Kier molecular flexibility index (Phi) is 27.3. The van der Waals surface area contributed by atoms with Crippen LogP contribution in [0.15, 0.2) is 78.4 Å². The first kappa shape index (κ1) is 57.1. The third kappa shape index (κ3) is 21.9. The van der Waals surface area contributed by atoms with Gasteiger partial charge in [0.05, 0.1) is 37.4 Å². The van der Waals surface area contributed by atoms with Crippen molar-refractivity contribution in [3.05, 3.63) is 89.5 Å². The van der Waals surface area contributed by atoms with Crippen molar-refractivity contribution in [1.29, 1.82) is 0 Å². The van der Waals surface area contributed by atoms with E-state index in [1.54, 1.807) is 62.0 Å². The molecular formula is C49H68O12S4. The number of carbonyl (C=O) groups excluding carboxylic acids is 4. The Bertz CT molecular complexity index is 1970. The van der Waals surface area contributed by atoms with E-state index in [4.69, 9.17) is 31.2 Å². The number of esters is 4. The number of carboxylic acids is 1. The second-order valence-electron chi connectivity index (χ2n) is 16.3. The summed E-state index contributed by atoms with van der Waals surface area (Å²) >= 11 is 8.15. The zero-order valence-electron chi connectivity index (χ0n) is 38.6. The van der Waals surface area contributed by atoms with Crippen molar-refractivity contribution < 1.29 is 56.4 Å². The maximum atomic E-state index is 13.2. The molecule has 1 saturated heterocycles. The van der Waals surface area contributed by atoms with Gasteiger partial charge in [0.2, 0.25) is 0 Å². The SMILES string of the molecule is C=C1C(=O)OCCCCCCCCOC(=O)C(C)S(=O)(=O)C1c1ccccc1.CCSC(=S)SC(C)C(=O)OCCCCCCCCOC(=O)/C(=C/c1ccccc1)CC(C)(C)C(=O)O. The number of carbonyl (C=O) groups is 5. The maximum Gasteiger partial charge on any atom is 0.335 e. The zero-order chi connectivity index (χ0) is 48.3. The molecule has 0 aromatic heterocycles. The van der Waals surface area contributed by atoms with Gasteiger partial charge in [-0.1, -0.05) is 150 Å². The number of unbranched alkanes of at least 4 members (excludes halogenated alkanes) is 5. The molecule has 1 N–H and O–H groups in total. The minimum atomic E-state index is -4.13. The highest BCUT2D eigenvalue weighted by Gasteiger charge is 2.41. The van der Waals surface area contributed by atoms with Gasteiger partial charge < -0.3 is 24.1 Å². The lowest BCUT2D eigenvalue weighted by Gasteiger charge is -2.23. The van der Waals surface area contributed by atoms with Crippen LogP contribution in [0.25, 0.3) is 6.08 Å². The van der Waals surface area contributed by atoms with E-state index in [2.05, 4.69) is 6.58 Å². The Morgan fingerprint density at radius 3 is 1.95 bits per heavy atom. The number of ether oxygens (including phenoxy) is 4. The number of thiocarbonyl (C=S) groups is 1. The molecule has 0 bridgehead atoms. The molecule has 0 spiro atoms. The lowest BCUT2D eigenvalue weighted by Crippen LogP contribution is -2.35. The minimum Gasteiger partial charge on any atom is -0.481 e. The van der Waals surface area contributed by atoms with E-state index >= 15 is 0 Å². The minimum absolute atomic E-state index is 0.0858. The number of hydrogen-bond acceptors (Lipinski definition) is 14. The summed E-state index contributed by atoms with van der Waals surface area (Å²) in [5.74, 6) is -2.33. The average Bonchev–Trinajstić information content (AvgIpc) is 3.27. The summed E-state index contributed by atoms with van der Waals surface area (Å²) in [4.78, 5) is 61.1. The molecule has 0 saturated carbocycles. The van der Waals surface area contributed by atoms with E-state index in [0.29, 0.717) is 37.2 Å². The van der Waals surface area contributed by atoms with Crippen LogP contribution < -0.4 is 0 Å². The fraction of sp³-hybridized carbons (Fsp3) is 0.551. The van der Waals surface area contributed by atoms with Crippen LogP contribution in [-0.4, -0.2) is 89.6 Å². The summed E-state index contributed by atoms with van der Waals surface area (Å²) in [5.41, 5.74) is 0.273. The van der Waals surface area contributed by atoms with E-state index in [9.17, 15) is 37.5 Å². The maximum absolute atomic E-state index is 13.2. The summed E-state index contributed by atoms with van der Waals surface area (Å²) in [6.07, 6.45) is 12.5. The normalized spacial score (nSPS) is 18.2. The van der Waals surface area contributed by atoms with Crippen LogP contribution in [0.1, 0.15) is 134 Å². The number of rotatable bonds is 18. The van der Waals surface area contributed by atoms with Gasteiger partial charge in [-0.05, 0) is 82.8 Å². The van der Waals surface area contributed by atoms with Gasteiger partial charge in [-0.25, -0.2) is 18.0 Å². The monoisotopic (exact) mass is 976 g/mol. The number of thioether (sulfide) groups is 2. The van der Waals surface area contributed by atoms with Gasteiger partial charge in [-0.15, -0.1) is 11.8 Å². The quantitative estimate of drug-likeness (QED) is 0.0490. The molecule has 2 aromatic carbocycles. The molecule has 1 heterocycles. The summed E-state index contributed by atoms with van der Waals surface area (Å²) in [7, 11) is -4.13. The summed E-state index contributed by atoms with van der Waals surface area (Å²) < 4.78 is 48.4. The molecule has 1 aliphatic heterocycles. The van der Waals surface area contributed by atoms with Crippen LogP contribution in [0.3, 0.4) is 0 Å². The fourth-order valence-electron chi connectivity index (χ4n) is 6.41. The third-order valence-electron chi connectivity index (χ3n) is 10.3. The average molecular weight is 977 g/mol. The summed E-state index contributed by atoms with van der Waals surface area (Å²) in [6, 6.07) is 17.6. The number of benzene rings is 2. The highest BCUT2D eigenvalue weighted by molar-refractivity contribution is 8.47. The van der Waals surface area contributed by atoms with Crippen LogP contribution in [0.4, 0.5) is 0 Å². The van der Waals surface area contributed by atoms with Gasteiger partial charge >= 0.3 is 29.8 Å². The molecule has 2 aromatic rings. The van der Waals surface area contributed by atoms with Crippen LogP contribution >= 0.6 is 35.7 Å². The highest BCUT2D eigenvalue weighted by Crippen LogP contribution is 2.34.